The Morgan fingerprint density at radius 1 is 1.47 bits per heavy atom. The van der Waals surface area contributed by atoms with Crippen molar-refractivity contribution in [1.29, 1.82) is 0 Å². The molecule has 1 heterocycles. The molecule has 98 valence electrons. The fraction of sp³-hybridized carbons (Fsp3) is 0.833. The Morgan fingerprint density at radius 3 is 3.06 bits per heavy atom. The van der Waals surface area contributed by atoms with Crippen LogP contribution in [0.4, 0.5) is 0 Å². The van der Waals surface area contributed by atoms with Crippen molar-refractivity contribution in [3.05, 3.63) is 0 Å². The summed E-state index contributed by atoms with van der Waals surface area (Å²) >= 11 is 0. The van der Waals surface area contributed by atoms with Crippen molar-refractivity contribution in [3.63, 3.8) is 0 Å². The highest BCUT2D eigenvalue weighted by Gasteiger charge is 2.15. The number of guanidine groups is 1. The molecule has 1 aliphatic heterocycles. The molecule has 1 amide bonds. The van der Waals surface area contributed by atoms with Crippen LogP contribution in [0.2, 0.25) is 0 Å². The molecule has 1 fully saturated rings. The second-order valence-corrected chi connectivity index (χ2v) is 4.34. The van der Waals surface area contributed by atoms with Crippen molar-refractivity contribution in [2.45, 2.75) is 39.0 Å². The summed E-state index contributed by atoms with van der Waals surface area (Å²) in [5.41, 5.74) is 5.61. The monoisotopic (exact) mass is 240 g/mol. The molecule has 1 aliphatic rings. The summed E-state index contributed by atoms with van der Waals surface area (Å²) in [6, 6.07) is 0. The first kappa shape index (κ1) is 13.8. The first-order valence-electron chi connectivity index (χ1n) is 6.55. The number of carbonyl (C=O) groups excluding carboxylic acids is 1. The quantitative estimate of drug-likeness (QED) is 0.422. The Kier molecular flexibility index (Phi) is 6.43. The van der Waals surface area contributed by atoms with Gasteiger partial charge in [0.25, 0.3) is 0 Å². The largest absolute Gasteiger partial charge is 0.370 e. The van der Waals surface area contributed by atoms with Gasteiger partial charge in [-0.05, 0) is 26.2 Å². The summed E-state index contributed by atoms with van der Waals surface area (Å²) in [6.07, 6.45) is 4.95. The third kappa shape index (κ3) is 5.56. The number of nitrogens with two attached hydrogens (primary N) is 1. The van der Waals surface area contributed by atoms with Gasteiger partial charge < -0.3 is 16.0 Å². The highest BCUT2D eigenvalue weighted by atomic mass is 16.2. The molecule has 0 saturated carbocycles. The number of hydrogen-bond acceptors (Lipinski definition) is 2. The molecule has 17 heavy (non-hydrogen) atoms. The van der Waals surface area contributed by atoms with Crippen LogP contribution >= 0.6 is 0 Å². The van der Waals surface area contributed by atoms with Crippen LogP contribution in [0, 0.1) is 0 Å². The van der Waals surface area contributed by atoms with Gasteiger partial charge in [0.1, 0.15) is 0 Å². The third-order valence-electron chi connectivity index (χ3n) is 2.90. The smallest absolute Gasteiger partial charge is 0.222 e. The van der Waals surface area contributed by atoms with E-state index in [9.17, 15) is 4.79 Å². The van der Waals surface area contributed by atoms with Crippen LogP contribution in [0.25, 0.3) is 0 Å². The van der Waals surface area contributed by atoms with Crippen molar-refractivity contribution in [2.75, 3.05) is 26.2 Å². The zero-order valence-corrected chi connectivity index (χ0v) is 10.7. The maximum atomic E-state index is 11.7. The van der Waals surface area contributed by atoms with Gasteiger partial charge in [-0.15, -0.1) is 0 Å². The van der Waals surface area contributed by atoms with E-state index in [0.717, 1.165) is 38.9 Å². The van der Waals surface area contributed by atoms with Crippen LogP contribution in [-0.2, 0) is 4.79 Å². The Balaban J connectivity index is 2.20. The van der Waals surface area contributed by atoms with Crippen LogP contribution in [0.3, 0.4) is 0 Å². The SMILES string of the molecule is CCNC(N)=NCCCN1CCCCCC1=O. The van der Waals surface area contributed by atoms with Gasteiger partial charge >= 0.3 is 0 Å². The predicted molar refractivity (Wildman–Crippen MR) is 69.8 cm³/mol. The predicted octanol–water partition coefficient (Wildman–Crippen LogP) is 0.703. The van der Waals surface area contributed by atoms with Gasteiger partial charge in [-0.25, -0.2) is 0 Å². The summed E-state index contributed by atoms with van der Waals surface area (Å²) in [4.78, 5) is 17.9. The van der Waals surface area contributed by atoms with Gasteiger partial charge in [0.2, 0.25) is 5.91 Å². The lowest BCUT2D eigenvalue weighted by molar-refractivity contribution is -0.130. The molecule has 0 aromatic carbocycles. The van der Waals surface area contributed by atoms with E-state index in [1.807, 2.05) is 11.8 Å². The number of hydrogen-bond donors (Lipinski definition) is 2. The highest BCUT2D eigenvalue weighted by molar-refractivity contribution is 5.77. The molecule has 0 aromatic heterocycles. The van der Waals surface area contributed by atoms with Crippen LogP contribution in [0.15, 0.2) is 4.99 Å². The summed E-state index contributed by atoms with van der Waals surface area (Å²) in [5.74, 6) is 0.792. The summed E-state index contributed by atoms with van der Waals surface area (Å²) in [5, 5.41) is 2.95. The van der Waals surface area contributed by atoms with Gasteiger partial charge in [-0.2, -0.15) is 0 Å². The molecule has 5 nitrogen and oxygen atoms in total. The highest BCUT2D eigenvalue weighted by Crippen LogP contribution is 2.11. The topological polar surface area (TPSA) is 70.7 Å². The second-order valence-electron chi connectivity index (χ2n) is 4.34. The number of nitrogens with one attached hydrogen (secondary N) is 1. The Morgan fingerprint density at radius 2 is 2.29 bits per heavy atom. The number of carbonyl (C=O) groups is 1. The molecule has 0 bridgehead atoms. The molecular weight excluding hydrogens is 216 g/mol. The van der Waals surface area contributed by atoms with Gasteiger partial charge in [0.15, 0.2) is 5.96 Å². The Hall–Kier alpha value is -1.26. The lowest BCUT2D eigenvalue weighted by Crippen LogP contribution is -2.33. The lowest BCUT2D eigenvalue weighted by Gasteiger charge is -2.19. The molecule has 3 N–H and O–H groups in total. The molecule has 0 radical (unpaired) electrons. The van der Waals surface area contributed by atoms with Crippen molar-refractivity contribution in [2.24, 2.45) is 10.7 Å². The van der Waals surface area contributed by atoms with E-state index >= 15 is 0 Å². The van der Waals surface area contributed by atoms with Gasteiger partial charge in [-0.1, -0.05) is 6.42 Å². The normalized spacial score (nSPS) is 18.1. The van der Waals surface area contributed by atoms with Crippen molar-refractivity contribution in [1.82, 2.24) is 10.2 Å². The molecule has 0 aromatic rings. The first-order chi connectivity index (χ1) is 8.24. The average molecular weight is 240 g/mol. The number of likely N-dealkylation sites (tertiary alicyclic amines) is 1. The number of amides is 1. The molecule has 0 spiro atoms. The zero-order valence-electron chi connectivity index (χ0n) is 10.7. The molecule has 0 aliphatic carbocycles. The fourth-order valence-corrected chi connectivity index (χ4v) is 1.97. The minimum absolute atomic E-state index is 0.297. The number of rotatable bonds is 5. The van der Waals surface area contributed by atoms with E-state index in [1.54, 1.807) is 0 Å². The molecule has 5 heteroatoms. The summed E-state index contributed by atoms with van der Waals surface area (Å²) in [7, 11) is 0. The van der Waals surface area contributed by atoms with Crippen molar-refractivity contribution in [3.8, 4) is 0 Å². The fourth-order valence-electron chi connectivity index (χ4n) is 1.97. The van der Waals surface area contributed by atoms with E-state index in [4.69, 9.17) is 5.73 Å². The maximum Gasteiger partial charge on any atom is 0.222 e. The van der Waals surface area contributed by atoms with Crippen molar-refractivity contribution >= 4 is 11.9 Å². The summed E-state index contributed by atoms with van der Waals surface area (Å²) < 4.78 is 0. The first-order valence-corrected chi connectivity index (χ1v) is 6.55. The van der Waals surface area contributed by atoms with Gasteiger partial charge in [0.05, 0.1) is 0 Å². The molecule has 1 saturated heterocycles. The standard InChI is InChI=1S/C12H24N4O/c1-2-14-12(13)15-8-6-10-16-9-5-3-4-7-11(16)17/h2-10H2,1H3,(H3,13,14,15). The van der Waals surface area contributed by atoms with E-state index in [2.05, 4.69) is 10.3 Å². The molecule has 0 atom stereocenters. The molecular formula is C12H24N4O. The minimum Gasteiger partial charge on any atom is -0.370 e. The number of aliphatic imine (C=N–C) groups is 1. The minimum atomic E-state index is 0.297. The van der Waals surface area contributed by atoms with E-state index in [0.29, 0.717) is 24.8 Å². The number of nitrogens with zero attached hydrogens (tertiary/aromatic N) is 2. The van der Waals surface area contributed by atoms with Gasteiger partial charge in [-0.3, -0.25) is 9.79 Å². The van der Waals surface area contributed by atoms with Crippen LogP contribution in [0.5, 0.6) is 0 Å². The lowest BCUT2D eigenvalue weighted by atomic mass is 10.2. The van der Waals surface area contributed by atoms with Crippen molar-refractivity contribution < 1.29 is 4.79 Å². The van der Waals surface area contributed by atoms with E-state index in [-0.39, 0.29) is 0 Å². The average Bonchev–Trinajstić information content (AvgIpc) is 2.50. The maximum absolute atomic E-state index is 11.7. The van der Waals surface area contributed by atoms with Crippen LogP contribution in [-0.4, -0.2) is 42.9 Å². The van der Waals surface area contributed by atoms with E-state index in [1.165, 1.54) is 6.42 Å². The van der Waals surface area contributed by atoms with E-state index < -0.39 is 0 Å². The second kappa shape index (κ2) is 7.92. The third-order valence-corrected chi connectivity index (χ3v) is 2.90. The molecule has 1 rings (SSSR count). The Bertz CT molecular complexity index is 265. The van der Waals surface area contributed by atoms with Crippen LogP contribution in [0.1, 0.15) is 39.0 Å². The Labute approximate surface area is 103 Å². The molecule has 0 unspecified atom stereocenters. The van der Waals surface area contributed by atoms with Gasteiger partial charge in [0, 0.05) is 32.6 Å². The summed E-state index contributed by atoms with van der Waals surface area (Å²) in [6.45, 7) is 5.17. The zero-order chi connectivity index (χ0) is 12.5. The van der Waals surface area contributed by atoms with Crippen LogP contribution < -0.4 is 11.1 Å².